The van der Waals surface area contributed by atoms with E-state index in [1.54, 1.807) is 0 Å². The van der Waals surface area contributed by atoms with E-state index in [1.807, 2.05) is 0 Å². The molecule has 0 saturated carbocycles. The van der Waals surface area contributed by atoms with Crippen molar-refractivity contribution in [3.8, 4) is 0 Å². The fourth-order valence-corrected chi connectivity index (χ4v) is 0.721. The maximum Gasteiger partial charge on any atom is 0.455 e. The first-order chi connectivity index (χ1) is 7.00. The molecule has 0 heterocycles. The molecule has 0 N–H and O–H groups in total. The van der Waals surface area contributed by atoms with Gasteiger partial charge in [-0.2, -0.15) is 49.0 Å². The van der Waals surface area contributed by atoms with E-state index in [0.717, 1.165) is 0 Å². The van der Waals surface area contributed by atoms with Crippen LogP contribution in [0.15, 0.2) is 0 Å². The second kappa shape index (κ2) is 3.59. The van der Waals surface area contributed by atoms with Gasteiger partial charge in [-0.3, -0.25) is 0 Å². The van der Waals surface area contributed by atoms with Gasteiger partial charge in [0.25, 0.3) is 0 Å². The van der Waals surface area contributed by atoms with Crippen molar-refractivity contribution in [2.24, 2.45) is 0 Å². The molecule has 12 heteroatoms. The van der Waals surface area contributed by atoms with Crippen LogP contribution in [0.4, 0.5) is 48.3 Å². The molecule has 0 rings (SSSR count). The van der Waals surface area contributed by atoms with Crippen LogP contribution in [0.1, 0.15) is 0 Å². The molecule has 0 fully saturated rings. The molecule has 1 unspecified atom stereocenters. The lowest BCUT2D eigenvalue weighted by Crippen LogP contribution is -2.70. The van der Waals surface area contributed by atoms with Gasteiger partial charge < -0.3 is 0 Å². The molecular formula is C5F11O. The van der Waals surface area contributed by atoms with Crippen LogP contribution in [0.25, 0.3) is 0 Å². The molecule has 17 heavy (non-hydrogen) atoms. The molecule has 0 aromatic heterocycles. The smallest absolute Gasteiger partial charge is 0.216 e. The van der Waals surface area contributed by atoms with Gasteiger partial charge in [0.05, 0.1) is 0 Å². The Hall–Kier alpha value is -0.810. The summed E-state index contributed by atoms with van der Waals surface area (Å²) in [5.41, 5.74) is -7.59. The molecule has 0 aromatic carbocycles. The Morgan fingerprint density at radius 3 is 0.765 bits per heavy atom. The summed E-state index contributed by atoms with van der Waals surface area (Å²) < 4.78 is 128. The maximum absolute atomic E-state index is 12.4. The zero-order chi connectivity index (χ0) is 14.5. The van der Waals surface area contributed by atoms with Gasteiger partial charge in [-0.05, 0) is 0 Å². The highest BCUT2D eigenvalue weighted by Gasteiger charge is 2.90. The van der Waals surface area contributed by atoms with Crippen LogP contribution in [0.2, 0.25) is 0 Å². The van der Waals surface area contributed by atoms with Crippen molar-refractivity contribution in [2.75, 3.05) is 0 Å². The van der Waals surface area contributed by atoms with Gasteiger partial charge in [-0.25, -0.2) is 4.39 Å². The normalized spacial score (nSPS) is 19.1. The number of hydrogen-bond acceptors (Lipinski definition) is 0. The molecule has 0 aliphatic heterocycles. The van der Waals surface area contributed by atoms with E-state index in [4.69, 9.17) is 0 Å². The van der Waals surface area contributed by atoms with Gasteiger partial charge in [-0.1, -0.05) is 0 Å². The average molecular weight is 285 g/mol. The number of rotatable bonds is 1. The molecule has 1 atom stereocenters. The van der Waals surface area contributed by atoms with Crippen molar-refractivity contribution >= 4 is 0 Å². The van der Waals surface area contributed by atoms with Crippen molar-refractivity contribution in [1.82, 2.24) is 0 Å². The van der Waals surface area contributed by atoms with Crippen molar-refractivity contribution in [3.63, 3.8) is 0 Å². The van der Waals surface area contributed by atoms with Crippen molar-refractivity contribution in [2.45, 2.75) is 30.1 Å². The van der Waals surface area contributed by atoms with E-state index < -0.39 is 30.1 Å². The zero-order valence-electron chi connectivity index (χ0n) is 7.07. The summed E-state index contributed by atoms with van der Waals surface area (Å²) in [5, 5.41) is 9.83. The summed E-state index contributed by atoms with van der Waals surface area (Å²) in [4.78, 5) is 0. The first-order valence-corrected chi connectivity index (χ1v) is 3.28. The fraction of sp³-hybridized carbons (Fsp3) is 1.00. The molecular weight excluding hydrogens is 285 g/mol. The van der Waals surface area contributed by atoms with Crippen LogP contribution < -0.4 is 0 Å². The van der Waals surface area contributed by atoms with E-state index in [9.17, 15) is 53.4 Å². The Morgan fingerprint density at radius 2 is 0.706 bits per heavy atom. The molecule has 0 aliphatic carbocycles. The Balaban J connectivity index is 6.04. The van der Waals surface area contributed by atoms with Crippen LogP contribution in [-0.4, -0.2) is 30.1 Å². The van der Waals surface area contributed by atoms with Crippen LogP contribution >= 0.6 is 0 Å². The van der Waals surface area contributed by atoms with Gasteiger partial charge >= 0.3 is 30.1 Å². The average Bonchev–Trinajstić information content (AvgIpc) is 1.95. The number of hydrogen-bond donors (Lipinski definition) is 0. The molecule has 0 bridgehead atoms. The summed E-state index contributed by atoms with van der Waals surface area (Å²) >= 11 is 0. The molecule has 0 aromatic rings. The standard InChI is InChI=1S/C5F11O/c6-1(3(8,9)10,4(11,12)13)2(7,17)5(14,15)16. The second-order valence-electron chi connectivity index (χ2n) is 2.75. The summed E-state index contributed by atoms with van der Waals surface area (Å²) in [6.07, 6.45) is -22.1. The lowest BCUT2D eigenvalue weighted by Gasteiger charge is -2.36. The predicted octanol–water partition coefficient (Wildman–Crippen LogP) is 3.48. The van der Waals surface area contributed by atoms with E-state index in [0.29, 0.717) is 0 Å². The lowest BCUT2D eigenvalue weighted by molar-refractivity contribution is -0.474. The van der Waals surface area contributed by atoms with E-state index >= 15 is 0 Å². The molecule has 0 amide bonds. The Kier molecular flexibility index (Phi) is 3.42. The zero-order valence-corrected chi connectivity index (χ0v) is 7.07. The first kappa shape index (κ1) is 16.2. The Bertz CT molecular complexity index is 266. The van der Waals surface area contributed by atoms with E-state index in [-0.39, 0.29) is 0 Å². The second-order valence-corrected chi connectivity index (χ2v) is 2.75. The molecule has 1 radical (unpaired) electrons. The minimum absolute atomic E-state index is 7.24. The third-order valence-corrected chi connectivity index (χ3v) is 1.59. The van der Waals surface area contributed by atoms with Gasteiger partial charge in [0, 0.05) is 0 Å². The van der Waals surface area contributed by atoms with E-state index in [1.165, 1.54) is 0 Å². The Morgan fingerprint density at radius 1 is 0.471 bits per heavy atom. The fourth-order valence-electron chi connectivity index (χ4n) is 0.721. The van der Waals surface area contributed by atoms with Crippen molar-refractivity contribution < 1.29 is 53.4 Å². The molecule has 103 valence electrons. The lowest BCUT2D eigenvalue weighted by atomic mass is 9.94. The minimum Gasteiger partial charge on any atom is -0.216 e. The molecule has 1 nitrogen and oxygen atoms in total. The third-order valence-electron chi connectivity index (χ3n) is 1.59. The van der Waals surface area contributed by atoms with Crippen LogP contribution in [0.3, 0.4) is 0 Å². The van der Waals surface area contributed by atoms with Gasteiger partial charge in [0.2, 0.25) is 0 Å². The van der Waals surface area contributed by atoms with Gasteiger partial charge in [0.1, 0.15) is 0 Å². The van der Waals surface area contributed by atoms with E-state index in [2.05, 4.69) is 0 Å². The minimum atomic E-state index is -7.59. The quantitative estimate of drug-likeness (QED) is 0.657. The summed E-state index contributed by atoms with van der Waals surface area (Å²) in [6, 6.07) is 0. The van der Waals surface area contributed by atoms with Crippen LogP contribution in [0.5, 0.6) is 0 Å². The highest BCUT2D eigenvalue weighted by molar-refractivity contribution is 5.07. The SMILES string of the molecule is [O]C(F)(C(F)(F)F)C(F)(C(F)(F)F)C(F)(F)F. The summed E-state index contributed by atoms with van der Waals surface area (Å²) in [6.45, 7) is 0. The third kappa shape index (κ3) is 2.13. The van der Waals surface area contributed by atoms with Gasteiger partial charge in [-0.15, -0.1) is 0 Å². The highest BCUT2D eigenvalue weighted by atomic mass is 19.4. The van der Waals surface area contributed by atoms with Crippen molar-refractivity contribution in [1.29, 1.82) is 0 Å². The molecule has 0 aliphatic rings. The summed E-state index contributed by atoms with van der Waals surface area (Å²) in [7, 11) is 0. The first-order valence-electron chi connectivity index (χ1n) is 3.28. The van der Waals surface area contributed by atoms with Crippen LogP contribution in [0, 0.1) is 0 Å². The van der Waals surface area contributed by atoms with Crippen molar-refractivity contribution in [3.05, 3.63) is 0 Å². The topological polar surface area (TPSA) is 19.9 Å². The summed E-state index contributed by atoms with van der Waals surface area (Å²) in [5.74, 6) is -7.41. The highest BCUT2D eigenvalue weighted by Crippen LogP contribution is 2.57. The predicted molar refractivity (Wildman–Crippen MR) is 26.5 cm³/mol. The monoisotopic (exact) mass is 285 g/mol. The number of alkyl halides is 11. The largest absolute Gasteiger partial charge is 0.455 e. The number of halogens is 11. The van der Waals surface area contributed by atoms with Gasteiger partial charge in [0.15, 0.2) is 0 Å². The molecule has 0 spiro atoms. The van der Waals surface area contributed by atoms with Crippen LogP contribution in [-0.2, 0) is 5.11 Å². The molecule has 0 saturated heterocycles. The Labute approximate surface area is 84.8 Å². The maximum atomic E-state index is 12.4.